The molecule has 3 heteroatoms. The van der Waals surface area contributed by atoms with Crippen LogP contribution in [0.1, 0.15) is 25.5 Å². The Bertz CT molecular complexity index is 361. The molecule has 1 rings (SSSR count). The zero-order valence-corrected chi connectivity index (χ0v) is 9.91. The summed E-state index contributed by atoms with van der Waals surface area (Å²) in [6.45, 7) is 9.22. The lowest BCUT2D eigenvalue weighted by Crippen LogP contribution is -2.25. The zero-order valence-electron chi connectivity index (χ0n) is 9.91. The van der Waals surface area contributed by atoms with Gasteiger partial charge in [-0.1, -0.05) is 6.08 Å². The molecule has 0 heterocycles. The summed E-state index contributed by atoms with van der Waals surface area (Å²) in [6, 6.07) is 4.57. The molecule has 0 spiro atoms. The number of halogens is 1. The first kappa shape index (κ1) is 12.7. The summed E-state index contributed by atoms with van der Waals surface area (Å²) in [5.41, 5.74) is 7.67. The first-order chi connectivity index (χ1) is 7.60. The van der Waals surface area contributed by atoms with Gasteiger partial charge < -0.3 is 10.6 Å². The molecule has 1 aromatic carbocycles. The van der Waals surface area contributed by atoms with Crippen LogP contribution in [0.4, 0.5) is 10.1 Å². The highest BCUT2D eigenvalue weighted by molar-refractivity contribution is 5.55. The van der Waals surface area contributed by atoms with Gasteiger partial charge in [0.25, 0.3) is 0 Å². The van der Waals surface area contributed by atoms with Gasteiger partial charge in [0.15, 0.2) is 0 Å². The smallest absolute Gasteiger partial charge is 0.123 e. The molecular weight excluding hydrogens is 203 g/mol. The molecule has 0 bridgehead atoms. The van der Waals surface area contributed by atoms with Gasteiger partial charge in [-0.15, -0.1) is 6.58 Å². The number of anilines is 1. The second-order valence-corrected chi connectivity index (χ2v) is 3.82. The number of nitrogens with two attached hydrogens (primary N) is 1. The average molecular weight is 222 g/mol. The molecular formula is C13H19FN2. The van der Waals surface area contributed by atoms with Gasteiger partial charge >= 0.3 is 0 Å². The summed E-state index contributed by atoms with van der Waals surface area (Å²) in [5, 5.41) is 0. The summed E-state index contributed by atoms with van der Waals surface area (Å²) in [5.74, 6) is -0.245. The molecule has 16 heavy (non-hydrogen) atoms. The predicted molar refractivity (Wildman–Crippen MR) is 67.1 cm³/mol. The summed E-state index contributed by atoms with van der Waals surface area (Å²) in [6.07, 6.45) is 1.83. The SMILES string of the molecule is C=CCN(CC)c1ccc(F)cc1[C@@H](C)N. The second-order valence-electron chi connectivity index (χ2n) is 3.82. The molecule has 88 valence electrons. The molecule has 0 fully saturated rings. The van der Waals surface area contributed by atoms with Crippen LogP contribution in [0.25, 0.3) is 0 Å². The van der Waals surface area contributed by atoms with E-state index in [1.54, 1.807) is 6.07 Å². The molecule has 2 N–H and O–H groups in total. The van der Waals surface area contributed by atoms with Crippen LogP contribution in [0, 0.1) is 5.82 Å². The Hall–Kier alpha value is -1.35. The number of hydrogen-bond donors (Lipinski definition) is 1. The van der Waals surface area contributed by atoms with Crippen molar-refractivity contribution in [2.45, 2.75) is 19.9 Å². The Labute approximate surface area is 96.6 Å². The molecule has 0 saturated heterocycles. The molecule has 0 aliphatic rings. The first-order valence-corrected chi connectivity index (χ1v) is 5.51. The summed E-state index contributed by atoms with van der Waals surface area (Å²) >= 11 is 0. The lowest BCUT2D eigenvalue weighted by molar-refractivity contribution is 0.621. The van der Waals surface area contributed by atoms with E-state index in [-0.39, 0.29) is 11.9 Å². The van der Waals surface area contributed by atoms with Crippen molar-refractivity contribution >= 4 is 5.69 Å². The maximum absolute atomic E-state index is 13.2. The summed E-state index contributed by atoms with van der Waals surface area (Å²) in [4.78, 5) is 2.12. The van der Waals surface area contributed by atoms with Crippen molar-refractivity contribution in [2.24, 2.45) is 5.73 Å². The Kier molecular flexibility index (Phi) is 4.50. The van der Waals surface area contributed by atoms with Gasteiger partial charge in [-0.05, 0) is 37.6 Å². The van der Waals surface area contributed by atoms with Crippen molar-refractivity contribution in [3.63, 3.8) is 0 Å². The predicted octanol–water partition coefficient (Wildman–Crippen LogP) is 2.86. The van der Waals surface area contributed by atoms with Crippen molar-refractivity contribution in [2.75, 3.05) is 18.0 Å². The van der Waals surface area contributed by atoms with Gasteiger partial charge in [0.2, 0.25) is 0 Å². The van der Waals surface area contributed by atoms with E-state index in [1.165, 1.54) is 12.1 Å². The normalized spacial score (nSPS) is 12.2. The molecule has 0 amide bonds. The monoisotopic (exact) mass is 222 g/mol. The first-order valence-electron chi connectivity index (χ1n) is 5.51. The average Bonchev–Trinajstić information content (AvgIpc) is 2.26. The van der Waals surface area contributed by atoms with Crippen LogP contribution in [-0.4, -0.2) is 13.1 Å². The molecule has 0 aliphatic carbocycles. The Morgan fingerprint density at radius 1 is 1.56 bits per heavy atom. The lowest BCUT2D eigenvalue weighted by Gasteiger charge is -2.25. The van der Waals surface area contributed by atoms with E-state index in [2.05, 4.69) is 18.4 Å². The molecule has 0 aromatic heterocycles. The standard InChI is InChI=1S/C13H19FN2/c1-4-8-16(5-2)13-7-6-11(14)9-12(13)10(3)15/h4,6-7,9-10H,1,5,8,15H2,2-3H3/t10-/m1/s1. The Balaban J connectivity index is 3.14. The topological polar surface area (TPSA) is 29.3 Å². The maximum Gasteiger partial charge on any atom is 0.123 e. The van der Waals surface area contributed by atoms with Gasteiger partial charge in [0.05, 0.1) is 0 Å². The van der Waals surface area contributed by atoms with Crippen molar-refractivity contribution in [3.8, 4) is 0 Å². The molecule has 1 atom stereocenters. The fourth-order valence-corrected chi connectivity index (χ4v) is 1.73. The Morgan fingerprint density at radius 3 is 2.75 bits per heavy atom. The molecule has 0 saturated carbocycles. The van der Waals surface area contributed by atoms with E-state index < -0.39 is 0 Å². The number of rotatable bonds is 5. The molecule has 0 unspecified atom stereocenters. The van der Waals surface area contributed by atoms with Crippen LogP contribution >= 0.6 is 0 Å². The Morgan fingerprint density at radius 2 is 2.25 bits per heavy atom. The number of benzene rings is 1. The summed E-state index contributed by atoms with van der Waals surface area (Å²) in [7, 11) is 0. The van der Waals surface area contributed by atoms with E-state index in [0.29, 0.717) is 0 Å². The van der Waals surface area contributed by atoms with Gasteiger partial charge in [-0.25, -0.2) is 4.39 Å². The van der Waals surface area contributed by atoms with Gasteiger partial charge in [-0.3, -0.25) is 0 Å². The van der Waals surface area contributed by atoms with E-state index in [9.17, 15) is 4.39 Å². The maximum atomic E-state index is 13.2. The van der Waals surface area contributed by atoms with Crippen LogP contribution in [-0.2, 0) is 0 Å². The summed E-state index contributed by atoms with van der Waals surface area (Å²) < 4.78 is 13.2. The van der Waals surface area contributed by atoms with Crippen LogP contribution in [0.2, 0.25) is 0 Å². The minimum Gasteiger partial charge on any atom is -0.368 e. The third-order valence-electron chi connectivity index (χ3n) is 2.55. The molecule has 0 aliphatic heterocycles. The number of nitrogens with zero attached hydrogens (tertiary/aromatic N) is 1. The van der Waals surface area contributed by atoms with Crippen LogP contribution < -0.4 is 10.6 Å². The highest BCUT2D eigenvalue weighted by Gasteiger charge is 2.12. The second kappa shape index (κ2) is 5.66. The van der Waals surface area contributed by atoms with Gasteiger partial charge in [0.1, 0.15) is 5.82 Å². The quantitative estimate of drug-likeness (QED) is 0.776. The van der Waals surface area contributed by atoms with Crippen molar-refractivity contribution in [3.05, 3.63) is 42.2 Å². The van der Waals surface area contributed by atoms with Crippen molar-refractivity contribution < 1.29 is 4.39 Å². The van der Waals surface area contributed by atoms with Crippen LogP contribution in [0.15, 0.2) is 30.9 Å². The molecule has 1 aromatic rings. The fraction of sp³-hybridized carbons (Fsp3) is 0.385. The molecule has 0 radical (unpaired) electrons. The zero-order chi connectivity index (χ0) is 12.1. The third kappa shape index (κ3) is 2.83. The fourth-order valence-electron chi connectivity index (χ4n) is 1.73. The van der Waals surface area contributed by atoms with E-state index >= 15 is 0 Å². The van der Waals surface area contributed by atoms with E-state index in [1.807, 2.05) is 13.0 Å². The minimum absolute atomic E-state index is 0.176. The highest BCUT2D eigenvalue weighted by atomic mass is 19.1. The van der Waals surface area contributed by atoms with Crippen LogP contribution in [0.5, 0.6) is 0 Å². The third-order valence-corrected chi connectivity index (χ3v) is 2.55. The lowest BCUT2D eigenvalue weighted by atomic mass is 10.1. The highest BCUT2D eigenvalue weighted by Crippen LogP contribution is 2.26. The molecule has 2 nitrogen and oxygen atoms in total. The minimum atomic E-state index is -0.245. The largest absolute Gasteiger partial charge is 0.368 e. The van der Waals surface area contributed by atoms with Crippen LogP contribution in [0.3, 0.4) is 0 Å². The van der Waals surface area contributed by atoms with E-state index in [0.717, 1.165) is 24.3 Å². The van der Waals surface area contributed by atoms with Gasteiger partial charge in [0, 0.05) is 24.8 Å². The number of likely N-dealkylation sites (N-methyl/N-ethyl adjacent to an activating group) is 1. The van der Waals surface area contributed by atoms with Crippen molar-refractivity contribution in [1.29, 1.82) is 0 Å². The van der Waals surface area contributed by atoms with Gasteiger partial charge in [-0.2, -0.15) is 0 Å². The van der Waals surface area contributed by atoms with Crippen molar-refractivity contribution in [1.82, 2.24) is 0 Å². The number of hydrogen-bond acceptors (Lipinski definition) is 2. The van der Waals surface area contributed by atoms with E-state index in [4.69, 9.17) is 5.73 Å².